The van der Waals surface area contributed by atoms with Gasteiger partial charge >= 0.3 is 0 Å². The summed E-state index contributed by atoms with van der Waals surface area (Å²) >= 11 is 0. The van der Waals surface area contributed by atoms with Gasteiger partial charge in [0.1, 0.15) is 11.4 Å². The SMILES string of the molecule is Cc1cc(C)cc(O[C@H](C)C(=O)Nc2c(C)n(C)n(-c3ccccc3)c2=O)c1. The van der Waals surface area contributed by atoms with Gasteiger partial charge in [-0.1, -0.05) is 24.3 Å². The van der Waals surface area contributed by atoms with E-state index in [2.05, 4.69) is 5.32 Å². The first-order chi connectivity index (χ1) is 13.3. The van der Waals surface area contributed by atoms with Crippen molar-refractivity contribution in [3.63, 3.8) is 0 Å². The number of anilines is 1. The number of benzene rings is 2. The molecule has 2 aromatic carbocycles. The maximum absolute atomic E-state index is 12.9. The van der Waals surface area contributed by atoms with Crippen LogP contribution in [0.2, 0.25) is 0 Å². The second-order valence-corrected chi connectivity index (χ2v) is 7.01. The third kappa shape index (κ3) is 3.86. The Morgan fingerprint density at radius 2 is 1.64 bits per heavy atom. The van der Waals surface area contributed by atoms with E-state index < -0.39 is 6.10 Å². The molecule has 0 spiro atoms. The molecule has 0 saturated heterocycles. The third-order valence-electron chi connectivity index (χ3n) is 4.68. The van der Waals surface area contributed by atoms with E-state index >= 15 is 0 Å². The second kappa shape index (κ2) is 7.76. The van der Waals surface area contributed by atoms with Crippen LogP contribution >= 0.6 is 0 Å². The minimum atomic E-state index is -0.745. The topological polar surface area (TPSA) is 65.3 Å². The molecule has 0 bridgehead atoms. The van der Waals surface area contributed by atoms with Gasteiger partial charge in [-0.05, 0) is 63.1 Å². The summed E-state index contributed by atoms with van der Waals surface area (Å²) in [6, 6.07) is 15.1. The van der Waals surface area contributed by atoms with Gasteiger partial charge in [0.15, 0.2) is 6.10 Å². The molecule has 1 amide bonds. The minimum Gasteiger partial charge on any atom is -0.481 e. The van der Waals surface area contributed by atoms with Gasteiger partial charge in [0, 0.05) is 7.05 Å². The number of nitrogens with one attached hydrogen (secondary N) is 1. The normalized spacial score (nSPS) is 11.9. The lowest BCUT2D eigenvalue weighted by Crippen LogP contribution is -2.32. The number of nitrogens with zero attached hydrogens (tertiary/aromatic N) is 2. The van der Waals surface area contributed by atoms with Crippen molar-refractivity contribution in [3.05, 3.63) is 75.7 Å². The van der Waals surface area contributed by atoms with Crippen LogP contribution in [-0.4, -0.2) is 21.4 Å². The lowest BCUT2D eigenvalue weighted by Gasteiger charge is -2.15. The quantitative estimate of drug-likeness (QED) is 0.738. The van der Waals surface area contributed by atoms with E-state index in [-0.39, 0.29) is 17.2 Å². The number of carbonyl (C=O) groups excluding carboxylic acids is 1. The molecule has 1 aromatic heterocycles. The predicted molar refractivity (Wildman–Crippen MR) is 110 cm³/mol. The van der Waals surface area contributed by atoms with Crippen molar-refractivity contribution in [2.24, 2.45) is 7.05 Å². The lowest BCUT2D eigenvalue weighted by molar-refractivity contribution is -0.122. The fourth-order valence-electron chi connectivity index (χ4n) is 3.20. The summed E-state index contributed by atoms with van der Waals surface area (Å²) in [4.78, 5) is 25.6. The van der Waals surface area contributed by atoms with Crippen molar-refractivity contribution >= 4 is 11.6 Å². The molecule has 0 aliphatic carbocycles. The van der Waals surface area contributed by atoms with Crippen LogP contribution in [0.25, 0.3) is 5.69 Å². The molecule has 146 valence electrons. The maximum Gasteiger partial charge on any atom is 0.295 e. The van der Waals surface area contributed by atoms with Crippen LogP contribution in [0.1, 0.15) is 23.7 Å². The first kappa shape index (κ1) is 19.5. The van der Waals surface area contributed by atoms with E-state index in [4.69, 9.17) is 4.74 Å². The standard InChI is InChI=1S/C22H25N3O3/c1-14-11-15(2)13-19(12-14)28-17(4)21(26)23-20-16(3)24(5)25(22(20)27)18-9-7-6-8-10-18/h6-13,17H,1-5H3,(H,23,26)/t17-/m1/s1. The van der Waals surface area contributed by atoms with E-state index in [1.54, 1.807) is 25.6 Å². The highest BCUT2D eigenvalue weighted by molar-refractivity contribution is 5.94. The van der Waals surface area contributed by atoms with Gasteiger partial charge in [0.25, 0.3) is 11.5 Å². The van der Waals surface area contributed by atoms with Crippen LogP contribution in [0.15, 0.2) is 53.3 Å². The number of aromatic nitrogens is 2. The van der Waals surface area contributed by atoms with Crippen LogP contribution in [-0.2, 0) is 11.8 Å². The average Bonchev–Trinajstić information content (AvgIpc) is 2.85. The molecule has 0 aliphatic rings. The number of amides is 1. The monoisotopic (exact) mass is 379 g/mol. The largest absolute Gasteiger partial charge is 0.481 e. The van der Waals surface area contributed by atoms with Gasteiger partial charge in [-0.15, -0.1) is 0 Å². The lowest BCUT2D eigenvalue weighted by atomic mass is 10.1. The Morgan fingerprint density at radius 1 is 1.04 bits per heavy atom. The highest BCUT2D eigenvalue weighted by Gasteiger charge is 2.22. The number of para-hydroxylation sites is 1. The highest BCUT2D eigenvalue weighted by atomic mass is 16.5. The van der Waals surface area contributed by atoms with Crippen molar-refractivity contribution in [2.75, 3.05) is 5.32 Å². The predicted octanol–water partition coefficient (Wildman–Crippen LogP) is 3.51. The Morgan fingerprint density at radius 3 is 2.25 bits per heavy atom. The Bertz CT molecular complexity index is 1040. The molecule has 3 aromatic rings. The molecule has 0 saturated carbocycles. The van der Waals surface area contributed by atoms with Crippen molar-refractivity contribution < 1.29 is 9.53 Å². The van der Waals surface area contributed by atoms with Crippen molar-refractivity contribution in [1.82, 2.24) is 9.36 Å². The van der Waals surface area contributed by atoms with E-state index in [0.717, 1.165) is 16.8 Å². The molecule has 0 fully saturated rings. The number of aryl methyl sites for hydroxylation is 2. The van der Waals surface area contributed by atoms with Gasteiger partial charge in [-0.2, -0.15) is 0 Å². The maximum atomic E-state index is 12.9. The molecule has 28 heavy (non-hydrogen) atoms. The van der Waals surface area contributed by atoms with E-state index in [9.17, 15) is 9.59 Å². The van der Waals surface area contributed by atoms with Crippen molar-refractivity contribution in [1.29, 1.82) is 0 Å². The summed E-state index contributed by atoms with van der Waals surface area (Å²) in [6.07, 6.45) is -0.745. The molecule has 0 radical (unpaired) electrons. The second-order valence-electron chi connectivity index (χ2n) is 7.01. The number of rotatable bonds is 5. The highest BCUT2D eigenvalue weighted by Crippen LogP contribution is 2.19. The third-order valence-corrected chi connectivity index (χ3v) is 4.68. The summed E-state index contributed by atoms with van der Waals surface area (Å²) in [7, 11) is 1.79. The van der Waals surface area contributed by atoms with Crippen LogP contribution < -0.4 is 15.6 Å². The van der Waals surface area contributed by atoms with E-state index in [1.165, 1.54) is 4.68 Å². The Hall–Kier alpha value is -3.28. The van der Waals surface area contributed by atoms with Gasteiger partial charge in [0.05, 0.1) is 11.4 Å². The fraction of sp³-hybridized carbons (Fsp3) is 0.273. The summed E-state index contributed by atoms with van der Waals surface area (Å²) in [5, 5.41) is 2.74. The van der Waals surface area contributed by atoms with Crippen LogP contribution in [0.4, 0.5) is 5.69 Å². The average molecular weight is 379 g/mol. The molecule has 6 nitrogen and oxygen atoms in total. The number of ether oxygens (including phenoxy) is 1. The number of carbonyl (C=O) groups is 1. The summed E-state index contributed by atoms with van der Waals surface area (Å²) in [5.74, 6) is 0.261. The molecule has 0 aliphatic heterocycles. The number of hydrogen-bond donors (Lipinski definition) is 1. The summed E-state index contributed by atoms with van der Waals surface area (Å²) < 4.78 is 9.04. The molecule has 6 heteroatoms. The zero-order valence-electron chi connectivity index (χ0n) is 16.8. The van der Waals surface area contributed by atoms with Crippen LogP contribution in [0.3, 0.4) is 0 Å². The Balaban J connectivity index is 1.83. The molecule has 0 unspecified atom stereocenters. The Labute approximate surface area is 164 Å². The minimum absolute atomic E-state index is 0.257. The zero-order chi connectivity index (χ0) is 20.4. The molecular weight excluding hydrogens is 354 g/mol. The Kier molecular flexibility index (Phi) is 5.40. The first-order valence-corrected chi connectivity index (χ1v) is 9.17. The summed E-state index contributed by atoms with van der Waals surface area (Å²) in [6.45, 7) is 7.42. The van der Waals surface area contributed by atoms with Crippen LogP contribution in [0.5, 0.6) is 5.75 Å². The molecule has 1 atom stereocenters. The fourth-order valence-corrected chi connectivity index (χ4v) is 3.20. The molecule has 1 N–H and O–H groups in total. The molecule has 3 rings (SSSR count). The van der Waals surface area contributed by atoms with Crippen LogP contribution in [0, 0.1) is 20.8 Å². The van der Waals surface area contributed by atoms with Crippen molar-refractivity contribution in [3.8, 4) is 11.4 Å². The van der Waals surface area contributed by atoms with Gasteiger partial charge in [0.2, 0.25) is 0 Å². The first-order valence-electron chi connectivity index (χ1n) is 9.17. The van der Waals surface area contributed by atoms with E-state index in [1.807, 2.05) is 62.4 Å². The molecular formula is C22H25N3O3. The summed E-state index contributed by atoms with van der Waals surface area (Å²) in [5.41, 5.74) is 3.50. The van der Waals surface area contributed by atoms with Gasteiger partial charge < -0.3 is 10.1 Å². The smallest absolute Gasteiger partial charge is 0.295 e. The van der Waals surface area contributed by atoms with Gasteiger partial charge in [-0.25, -0.2) is 4.68 Å². The van der Waals surface area contributed by atoms with Gasteiger partial charge in [-0.3, -0.25) is 14.3 Å². The van der Waals surface area contributed by atoms with E-state index in [0.29, 0.717) is 11.4 Å². The number of hydrogen-bond acceptors (Lipinski definition) is 3. The zero-order valence-corrected chi connectivity index (χ0v) is 16.8. The molecule has 1 heterocycles. The van der Waals surface area contributed by atoms with Crippen molar-refractivity contribution in [2.45, 2.75) is 33.8 Å².